The largest absolute Gasteiger partial charge is 0.468 e. The highest BCUT2D eigenvalue weighted by molar-refractivity contribution is 9.23. The van der Waals surface area contributed by atoms with E-state index in [9.17, 15) is 0 Å². The molecule has 116 valence electrons. The van der Waals surface area contributed by atoms with Gasteiger partial charge in [-0.1, -0.05) is 70.4 Å². The van der Waals surface area contributed by atoms with Crippen LogP contribution in [-0.4, -0.2) is 31.4 Å². The van der Waals surface area contributed by atoms with Crippen molar-refractivity contribution >= 4 is 31.1 Å². The van der Waals surface area contributed by atoms with Crippen LogP contribution in [0.1, 0.15) is 77.6 Å². The first-order chi connectivity index (χ1) is 9.91. The SMILES string of the molecule is CCCCCCCCCCOCCC/C=C/C[CH2][Mg][Br]. The Morgan fingerprint density at radius 1 is 0.800 bits per heavy atom. The van der Waals surface area contributed by atoms with Crippen molar-refractivity contribution in [2.45, 2.75) is 82.1 Å². The van der Waals surface area contributed by atoms with Gasteiger partial charge in [0.05, 0.1) is 0 Å². The van der Waals surface area contributed by atoms with Crippen LogP contribution in [0.25, 0.3) is 0 Å². The van der Waals surface area contributed by atoms with Gasteiger partial charge in [0.15, 0.2) is 0 Å². The minimum Gasteiger partial charge on any atom is -0.381 e. The minimum absolute atomic E-state index is 0.0859. The first-order valence-corrected chi connectivity index (χ1v) is 13.6. The second kappa shape index (κ2) is 19.9. The molecule has 3 heteroatoms. The van der Waals surface area contributed by atoms with E-state index < -0.39 is 0 Å². The van der Waals surface area contributed by atoms with Gasteiger partial charge in [0.1, 0.15) is 0 Å². The maximum atomic E-state index is 5.67. The van der Waals surface area contributed by atoms with E-state index in [0.29, 0.717) is 0 Å². The summed E-state index contributed by atoms with van der Waals surface area (Å²) in [4.78, 5) is 0. The number of allylic oxidation sites excluding steroid dienone is 2. The van der Waals surface area contributed by atoms with Crippen LogP contribution in [0, 0.1) is 0 Å². The molecule has 0 N–H and O–H groups in total. The summed E-state index contributed by atoms with van der Waals surface area (Å²) < 4.78 is 7.05. The standard InChI is InChI=1S/C17H33O.BrH.Mg/c1-3-5-7-9-10-11-13-15-17-18-16-14-12-8-6-4-2;;/h6,8H,2-5,7,9-17H2,1H3;1H;/q;;+1/p-1/b8-6+;;. The van der Waals surface area contributed by atoms with Crippen LogP contribution in [0.4, 0.5) is 0 Å². The number of unbranched alkanes of at least 4 members (excludes halogenated alkanes) is 8. The lowest BCUT2D eigenvalue weighted by Crippen LogP contribution is -1.96. The van der Waals surface area contributed by atoms with Gasteiger partial charge in [-0.3, -0.25) is 0 Å². The van der Waals surface area contributed by atoms with Crippen molar-refractivity contribution < 1.29 is 4.74 Å². The number of halogens is 1. The normalized spacial score (nSPS) is 11.1. The Morgan fingerprint density at radius 3 is 2.10 bits per heavy atom. The fourth-order valence-corrected chi connectivity index (χ4v) is 3.54. The molecule has 0 saturated heterocycles. The van der Waals surface area contributed by atoms with Crippen LogP contribution < -0.4 is 0 Å². The van der Waals surface area contributed by atoms with Gasteiger partial charge in [-0.05, 0) is 19.3 Å². The zero-order chi connectivity index (χ0) is 14.7. The zero-order valence-electron chi connectivity index (χ0n) is 13.5. The van der Waals surface area contributed by atoms with Crippen molar-refractivity contribution in [3.8, 4) is 0 Å². The van der Waals surface area contributed by atoms with Gasteiger partial charge in [0.2, 0.25) is 0 Å². The maximum absolute atomic E-state index is 5.67. The summed E-state index contributed by atoms with van der Waals surface area (Å²) in [6, 6.07) is 0. The van der Waals surface area contributed by atoms with Gasteiger partial charge in [-0.25, -0.2) is 0 Å². The molecule has 0 radical (unpaired) electrons. The summed E-state index contributed by atoms with van der Waals surface area (Å²) in [6.45, 7) is 4.18. The molecule has 0 aliphatic rings. The molecule has 0 fully saturated rings. The predicted molar refractivity (Wildman–Crippen MR) is 95.9 cm³/mol. The van der Waals surface area contributed by atoms with E-state index in [1.54, 1.807) is 0 Å². The molecule has 0 unspecified atom stereocenters. The van der Waals surface area contributed by atoms with Crippen molar-refractivity contribution in [3.05, 3.63) is 12.2 Å². The molecule has 0 aliphatic carbocycles. The molecular formula is C17H33BrMgO. The topological polar surface area (TPSA) is 9.23 Å². The summed E-state index contributed by atoms with van der Waals surface area (Å²) >= 11 is 3.66. The zero-order valence-corrected chi connectivity index (χ0v) is 16.5. The lowest BCUT2D eigenvalue weighted by molar-refractivity contribution is 0.128. The molecule has 0 amide bonds. The summed E-state index contributed by atoms with van der Waals surface area (Å²) in [6.07, 6.45) is 19.3. The van der Waals surface area contributed by atoms with Crippen molar-refractivity contribution in [1.29, 1.82) is 0 Å². The van der Waals surface area contributed by atoms with E-state index in [1.807, 2.05) is 0 Å². The van der Waals surface area contributed by atoms with Crippen LogP contribution >= 0.6 is 12.9 Å². The third-order valence-corrected chi connectivity index (χ3v) is 5.83. The third kappa shape index (κ3) is 18.9. The summed E-state index contributed by atoms with van der Waals surface area (Å²) in [5.41, 5.74) is 0. The number of ether oxygens (including phenoxy) is 1. The Bertz CT molecular complexity index is 197. The fourth-order valence-electron chi connectivity index (χ4n) is 2.17. The van der Waals surface area contributed by atoms with Crippen LogP contribution in [0.5, 0.6) is 0 Å². The average molecular weight is 358 g/mol. The van der Waals surface area contributed by atoms with Gasteiger partial charge in [-0.15, -0.1) is 4.55 Å². The molecule has 1 nitrogen and oxygen atoms in total. The molecule has 0 aromatic carbocycles. The molecule has 0 aliphatic heterocycles. The smallest absolute Gasteiger partial charge is 0.381 e. The first-order valence-electron chi connectivity index (χ1n) is 8.70. The quantitative estimate of drug-likeness (QED) is 0.179. The number of rotatable bonds is 16. The Morgan fingerprint density at radius 2 is 1.40 bits per heavy atom. The van der Waals surface area contributed by atoms with E-state index in [4.69, 9.17) is 4.74 Å². The minimum atomic E-state index is 0.0859. The number of hydrogen-bond donors (Lipinski definition) is 0. The summed E-state index contributed by atoms with van der Waals surface area (Å²) in [5, 5.41) is 0. The highest BCUT2D eigenvalue weighted by atomic mass is 79.9. The van der Waals surface area contributed by atoms with E-state index in [-0.39, 0.29) is 18.2 Å². The molecule has 0 spiro atoms. The van der Waals surface area contributed by atoms with Crippen molar-refractivity contribution in [2.24, 2.45) is 0 Å². The Labute approximate surface area is 142 Å². The van der Waals surface area contributed by atoms with Crippen LogP contribution in [0.15, 0.2) is 12.2 Å². The summed E-state index contributed by atoms with van der Waals surface area (Å²) in [5.74, 6) is 0. The van der Waals surface area contributed by atoms with Crippen molar-refractivity contribution in [1.82, 2.24) is 0 Å². The highest BCUT2D eigenvalue weighted by Crippen LogP contribution is 2.08. The maximum Gasteiger partial charge on any atom is 0.468 e. The first kappa shape index (κ1) is 20.9. The van der Waals surface area contributed by atoms with Crippen LogP contribution in [-0.2, 0) is 4.74 Å². The summed E-state index contributed by atoms with van der Waals surface area (Å²) in [7, 11) is 0. The van der Waals surface area contributed by atoms with Gasteiger partial charge in [-0.2, -0.15) is 0 Å². The van der Waals surface area contributed by atoms with E-state index in [1.165, 1.54) is 75.2 Å². The third-order valence-electron chi connectivity index (χ3n) is 3.47. The molecular weight excluding hydrogens is 324 g/mol. The molecule has 0 bridgehead atoms. The highest BCUT2D eigenvalue weighted by Gasteiger charge is 1.92. The van der Waals surface area contributed by atoms with Gasteiger partial charge >= 0.3 is 18.2 Å². The lowest BCUT2D eigenvalue weighted by Gasteiger charge is -2.03. The van der Waals surface area contributed by atoms with Crippen LogP contribution in [0.2, 0.25) is 4.55 Å². The lowest BCUT2D eigenvalue weighted by atomic mass is 10.1. The van der Waals surface area contributed by atoms with Gasteiger partial charge < -0.3 is 17.6 Å². The van der Waals surface area contributed by atoms with Crippen molar-refractivity contribution in [3.63, 3.8) is 0 Å². The Kier molecular flexibility index (Phi) is 20.9. The second-order valence-corrected chi connectivity index (χ2v) is 9.00. The van der Waals surface area contributed by atoms with E-state index >= 15 is 0 Å². The molecule has 0 aromatic rings. The predicted octanol–water partition coefficient (Wildman–Crippen LogP) is 6.30. The van der Waals surface area contributed by atoms with E-state index in [2.05, 4.69) is 32.0 Å². The number of hydrogen-bond acceptors (Lipinski definition) is 1. The van der Waals surface area contributed by atoms with Gasteiger partial charge in [0.25, 0.3) is 0 Å². The fraction of sp³-hybridized carbons (Fsp3) is 0.882. The Balaban J connectivity index is 2.97. The van der Waals surface area contributed by atoms with Crippen molar-refractivity contribution in [2.75, 3.05) is 13.2 Å². The molecule has 0 rings (SSSR count). The molecule has 20 heavy (non-hydrogen) atoms. The average Bonchev–Trinajstić information content (AvgIpc) is 2.47. The molecule has 0 heterocycles. The Hall–Kier alpha value is 0.946. The molecule has 0 atom stereocenters. The molecule has 0 saturated carbocycles. The van der Waals surface area contributed by atoms with E-state index in [0.717, 1.165) is 13.2 Å². The van der Waals surface area contributed by atoms with Gasteiger partial charge in [0, 0.05) is 13.2 Å². The second-order valence-electron chi connectivity index (χ2n) is 5.53. The monoisotopic (exact) mass is 356 g/mol. The molecule has 0 aromatic heterocycles. The van der Waals surface area contributed by atoms with Crippen LogP contribution in [0.3, 0.4) is 0 Å².